The Morgan fingerprint density at radius 2 is 0.900 bits per heavy atom. The van der Waals surface area contributed by atoms with Crippen LogP contribution < -0.4 is 21.7 Å². The Hall–Kier alpha value is -2.74. The van der Waals surface area contributed by atoms with Gasteiger partial charge in [0.15, 0.2) is 0 Å². The van der Waals surface area contributed by atoms with Gasteiger partial charge < -0.3 is 8.83 Å². The lowest BCUT2D eigenvalue weighted by Crippen LogP contribution is -1.98. The number of fused-ring (bicyclic) bond motifs is 6. The molecule has 0 aliphatic carbocycles. The Morgan fingerprint density at radius 1 is 0.550 bits per heavy atom. The topological polar surface area (TPSA) is 26.3 Å². The zero-order valence-electron chi connectivity index (χ0n) is 11.0. The molecule has 4 aromatic rings. The second-order valence-electron chi connectivity index (χ2n) is 4.94. The maximum absolute atomic E-state index is 5.63. The minimum absolute atomic E-state index is 0.589. The molecule has 0 unspecified atom stereocenters. The number of benzene rings is 2. The van der Waals surface area contributed by atoms with Crippen molar-refractivity contribution in [1.82, 2.24) is 0 Å². The fourth-order valence-electron chi connectivity index (χ4n) is 3.08. The van der Waals surface area contributed by atoms with Crippen LogP contribution in [0.2, 0.25) is 0 Å². The molecule has 20 heavy (non-hydrogen) atoms. The van der Waals surface area contributed by atoms with Crippen LogP contribution in [0.3, 0.4) is 0 Å². The molecule has 2 aromatic carbocycles. The van der Waals surface area contributed by atoms with Gasteiger partial charge in [0.1, 0.15) is 21.7 Å². The van der Waals surface area contributed by atoms with Crippen LogP contribution in [0.25, 0.3) is 58.6 Å². The molecule has 0 aliphatic rings. The molecule has 0 amide bonds. The standard InChI is InChI=1S/C18H12O2/c1-9-15-13-7-5-6-8-14(13)16-10(2)20-12(4)18(16)17(15)11(3)19-9/h5-8H,1-4H2. The predicted molar refractivity (Wildman–Crippen MR) is 84.1 cm³/mol. The number of furan rings is 2. The lowest BCUT2D eigenvalue weighted by molar-refractivity contribution is 0.508. The average molecular weight is 260 g/mol. The van der Waals surface area contributed by atoms with Gasteiger partial charge in [-0.25, -0.2) is 0 Å². The van der Waals surface area contributed by atoms with Crippen molar-refractivity contribution in [2.75, 3.05) is 0 Å². The summed E-state index contributed by atoms with van der Waals surface area (Å²) in [6.07, 6.45) is 0. The van der Waals surface area contributed by atoms with Crippen LogP contribution in [0.1, 0.15) is 0 Å². The maximum atomic E-state index is 5.63. The monoisotopic (exact) mass is 260 g/mol. The quantitative estimate of drug-likeness (QED) is 0.483. The summed E-state index contributed by atoms with van der Waals surface area (Å²) < 4.78 is 11.3. The molecule has 0 bridgehead atoms. The highest BCUT2D eigenvalue weighted by Gasteiger charge is 2.15. The molecule has 0 saturated carbocycles. The summed E-state index contributed by atoms with van der Waals surface area (Å²) in [6.45, 7) is 15.9. The Labute approximate surface area is 114 Å². The van der Waals surface area contributed by atoms with Gasteiger partial charge in [0.25, 0.3) is 0 Å². The molecular formula is C18H12O2. The van der Waals surface area contributed by atoms with Crippen LogP contribution in [0, 0.1) is 0 Å². The first kappa shape index (κ1) is 11.1. The highest BCUT2D eigenvalue weighted by atomic mass is 16.3. The van der Waals surface area contributed by atoms with Crippen LogP contribution in [0.15, 0.2) is 33.1 Å². The van der Waals surface area contributed by atoms with Gasteiger partial charge in [-0.2, -0.15) is 0 Å². The third-order valence-electron chi connectivity index (χ3n) is 3.82. The second kappa shape index (κ2) is 3.42. The third kappa shape index (κ3) is 1.14. The van der Waals surface area contributed by atoms with E-state index in [0.29, 0.717) is 21.7 Å². The molecule has 2 heteroatoms. The van der Waals surface area contributed by atoms with E-state index in [1.165, 1.54) is 0 Å². The number of hydrogen-bond acceptors (Lipinski definition) is 2. The van der Waals surface area contributed by atoms with Gasteiger partial charge >= 0.3 is 0 Å². The van der Waals surface area contributed by atoms with Crippen LogP contribution >= 0.6 is 0 Å². The highest BCUT2D eigenvalue weighted by Crippen LogP contribution is 2.28. The minimum atomic E-state index is 0.589. The van der Waals surface area contributed by atoms with Crippen LogP contribution in [-0.4, -0.2) is 0 Å². The molecule has 0 radical (unpaired) electrons. The predicted octanol–water partition coefficient (Wildman–Crippen LogP) is 1.97. The molecular weight excluding hydrogens is 248 g/mol. The molecule has 0 fully saturated rings. The fraction of sp³-hybridized carbons (Fsp3) is 0. The lowest BCUT2D eigenvalue weighted by Gasteiger charge is -2.01. The molecule has 0 N–H and O–H groups in total. The summed E-state index contributed by atoms with van der Waals surface area (Å²) >= 11 is 0. The Balaban J connectivity index is 2.68. The van der Waals surface area contributed by atoms with E-state index in [-0.39, 0.29) is 0 Å². The van der Waals surface area contributed by atoms with E-state index in [4.69, 9.17) is 8.83 Å². The van der Waals surface area contributed by atoms with E-state index in [0.717, 1.165) is 32.3 Å². The van der Waals surface area contributed by atoms with Crippen molar-refractivity contribution in [2.24, 2.45) is 0 Å². The average Bonchev–Trinajstić information content (AvgIpc) is 2.88. The summed E-state index contributed by atoms with van der Waals surface area (Å²) in [7, 11) is 0. The highest BCUT2D eigenvalue weighted by molar-refractivity contribution is 6.25. The molecule has 2 heterocycles. The lowest BCUT2D eigenvalue weighted by atomic mass is 9.98. The van der Waals surface area contributed by atoms with Gasteiger partial charge in [-0.15, -0.1) is 0 Å². The van der Waals surface area contributed by atoms with Crippen molar-refractivity contribution < 1.29 is 8.83 Å². The number of hydrogen-bond donors (Lipinski definition) is 0. The van der Waals surface area contributed by atoms with Gasteiger partial charge in [-0.05, 0) is 10.8 Å². The maximum Gasteiger partial charge on any atom is 0.129 e. The zero-order valence-corrected chi connectivity index (χ0v) is 11.0. The first-order valence-corrected chi connectivity index (χ1v) is 6.31. The molecule has 96 valence electrons. The van der Waals surface area contributed by atoms with E-state index in [9.17, 15) is 0 Å². The molecule has 4 rings (SSSR count). The first-order chi connectivity index (χ1) is 9.59. The van der Waals surface area contributed by atoms with Crippen molar-refractivity contribution >= 4 is 58.6 Å². The van der Waals surface area contributed by atoms with E-state index >= 15 is 0 Å². The fourth-order valence-corrected chi connectivity index (χ4v) is 3.08. The summed E-state index contributed by atoms with van der Waals surface area (Å²) in [4.78, 5) is 0. The summed E-state index contributed by atoms with van der Waals surface area (Å²) in [5.41, 5.74) is 2.42. The van der Waals surface area contributed by atoms with Crippen LogP contribution in [-0.2, 0) is 0 Å². The van der Waals surface area contributed by atoms with Crippen molar-refractivity contribution in [3.05, 3.63) is 45.9 Å². The van der Waals surface area contributed by atoms with Crippen LogP contribution in [0.5, 0.6) is 0 Å². The van der Waals surface area contributed by atoms with E-state index in [1.54, 1.807) is 0 Å². The van der Waals surface area contributed by atoms with Gasteiger partial charge in [0.05, 0.1) is 0 Å². The Bertz CT molecular complexity index is 1110. The van der Waals surface area contributed by atoms with E-state index in [1.807, 2.05) is 12.1 Å². The van der Waals surface area contributed by atoms with Crippen LogP contribution in [0.4, 0.5) is 0 Å². The van der Waals surface area contributed by atoms with Gasteiger partial charge in [-0.1, -0.05) is 50.6 Å². The van der Waals surface area contributed by atoms with Crippen molar-refractivity contribution in [2.45, 2.75) is 0 Å². The smallest absolute Gasteiger partial charge is 0.129 e. The Kier molecular flexibility index (Phi) is 1.90. The van der Waals surface area contributed by atoms with E-state index < -0.39 is 0 Å². The SMILES string of the molecule is C=c1oc(=C)c2c1c1ccccc1c1c(=C)oc(=C)c12. The minimum Gasteiger partial charge on any atom is -0.457 e. The van der Waals surface area contributed by atoms with Crippen molar-refractivity contribution in [1.29, 1.82) is 0 Å². The Morgan fingerprint density at radius 3 is 1.30 bits per heavy atom. The summed E-state index contributed by atoms with van der Waals surface area (Å²) in [6, 6.07) is 8.10. The largest absolute Gasteiger partial charge is 0.457 e. The second-order valence-corrected chi connectivity index (χ2v) is 4.94. The van der Waals surface area contributed by atoms with Crippen molar-refractivity contribution in [3.8, 4) is 0 Å². The van der Waals surface area contributed by atoms with Gasteiger partial charge in [-0.3, -0.25) is 0 Å². The summed E-state index contributed by atoms with van der Waals surface area (Å²) in [5, 5.41) is 5.95. The number of rotatable bonds is 0. The molecule has 0 spiro atoms. The van der Waals surface area contributed by atoms with Gasteiger partial charge in [0, 0.05) is 21.5 Å². The normalized spacial score (nSPS) is 11.8. The molecule has 0 aliphatic heterocycles. The molecule has 0 atom stereocenters. The van der Waals surface area contributed by atoms with Gasteiger partial charge in [0.2, 0.25) is 0 Å². The summed E-state index contributed by atoms with van der Waals surface area (Å²) in [5.74, 6) is 0. The van der Waals surface area contributed by atoms with E-state index in [2.05, 4.69) is 38.4 Å². The molecule has 2 aromatic heterocycles. The third-order valence-corrected chi connectivity index (χ3v) is 3.82. The van der Waals surface area contributed by atoms with Crippen molar-refractivity contribution in [3.63, 3.8) is 0 Å². The molecule has 0 saturated heterocycles. The first-order valence-electron chi connectivity index (χ1n) is 6.31. The zero-order chi connectivity index (χ0) is 14.0. The molecule has 2 nitrogen and oxygen atoms in total.